The van der Waals surface area contributed by atoms with Crippen LogP contribution in [0.3, 0.4) is 0 Å². The second-order valence-corrected chi connectivity index (χ2v) is 8.78. The smallest absolute Gasteiger partial charge is 0.263 e. The predicted octanol–water partition coefficient (Wildman–Crippen LogP) is 4.44. The van der Waals surface area contributed by atoms with Gasteiger partial charge in [-0.15, -0.1) is 4.91 Å². The van der Waals surface area contributed by atoms with Gasteiger partial charge in [0.05, 0.1) is 35.8 Å². The highest BCUT2D eigenvalue weighted by Gasteiger charge is 2.20. The van der Waals surface area contributed by atoms with Crippen molar-refractivity contribution in [3.63, 3.8) is 0 Å². The minimum Gasteiger partial charge on any atom is -0.497 e. The molecule has 3 aromatic carbocycles. The number of hydrogen-bond acceptors (Lipinski definition) is 8. The standard InChI is InChI=1S/C23H20N4O5S/c1-31-17-10-15(11-18(14-17)32-2)12-22-23(25-21-9-4-3-8-20(21)24-22)27-33(29,30)19-7-5-6-16(13-19)26-28/h3-11,13-14H,12H2,1-2H3,(H,25,27). The molecule has 4 aromatic rings. The summed E-state index contributed by atoms with van der Waals surface area (Å²) in [7, 11) is -0.952. The van der Waals surface area contributed by atoms with Gasteiger partial charge in [-0.3, -0.25) is 4.72 Å². The average molecular weight is 465 g/mol. The van der Waals surface area contributed by atoms with E-state index in [1.165, 1.54) is 24.3 Å². The third kappa shape index (κ3) is 4.90. The Labute approximate surface area is 190 Å². The van der Waals surface area contributed by atoms with Crippen LogP contribution in [-0.4, -0.2) is 32.6 Å². The molecule has 0 saturated heterocycles. The van der Waals surface area contributed by atoms with Gasteiger partial charge < -0.3 is 9.47 Å². The van der Waals surface area contributed by atoms with E-state index in [9.17, 15) is 13.3 Å². The van der Waals surface area contributed by atoms with E-state index in [0.29, 0.717) is 28.2 Å². The summed E-state index contributed by atoms with van der Waals surface area (Å²) in [6.45, 7) is 0. The molecule has 4 rings (SSSR count). The lowest BCUT2D eigenvalue weighted by molar-refractivity contribution is 0.393. The number of nitroso groups, excluding NO2 is 1. The van der Waals surface area contributed by atoms with Crippen LogP contribution in [0.15, 0.2) is 76.8 Å². The minimum atomic E-state index is -4.06. The third-order valence-corrected chi connectivity index (χ3v) is 6.23. The molecular formula is C23H20N4O5S. The number of para-hydroxylation sites is 2. The molecule has 0 aliphatic heterocycles. The summed E-state index contributed by atoms with van der Waals surface area (Å²) < 4.78 is 39.3. The number of nitrogens with one attached hydrogen (secondary N) is 1. The van der Waals surface area contributed by atoms with Crippen molar-refractivity contribution in [1.29, 1.82) is 0 Å². The molecule has 0 bridgehead atoms. The Hall–Kier alpha value is -4.05. The number of aromatic nitrogens is 2. The van der Waals surface area contributed by atoms with Gasteiger partial charge in [0.1, 0.15) is 17.2 Å². The van der Waals surface area contributed by atoms with E-state index in [-0.39, 0.29) is 22.8 Å². The van der Waals surface area contributed by atoms with Crippen LogP contribution in [0.2, 0.25) is 0 Å². The number of nitrogens with zero attached hydrogens (tertiary/aromatic N) is 3. The minimum absolute atomic E-state index is 0.00571. The van der Waals surface area contributed by atoms with E-state index in [4.69, 9.17) is 9.47 Å². The first-order valence-electron chi connectivity index (χ1n) is 9.85. The summed E-state index contributed by atoms with van der Waals surface area (Å²) in [5.74, 6) is 1.27. The van der Waals surface area contributed by atoms with Crippen molar-refractivity contribution in [3.8, 4) is 11.5 Å². The molecule has 1 heterocycles. The molecule has 0 amide bonds. The van der Waals surface area contributed by atoms with Crippen LogP contribution in [0.1, 0.15) is 11.3 Å². The molecule has 1 N–H and O–H groups in total. The molecule has 0 saturated carbocycles. The number of sulfonamides is 1. The van der Waals surface area contributed by atoms with E-state index < -0.39 is 10.0 Å². The van der Waals surface area contributed by atoms with E-state index in [1.807, 2.05) is 18.2 Å². The van der Waals surface area contributed by atoms with Crippen LogP contribution in [0.4, 0.5) is 11.5 Å². The van der Waals surface area contributed by atoms with Gasteiger partial charge in [-0.1, -0.05) is 18.2 Å². The summed E-state index contributed by atoms with van der Waals surface area (Å²) in [6, 6.07) is 18.0. The molecule has 168 valence electrons. The molecular weight excluding hydrogens is 444 g/mol. The first-order valence-corrected chi connectivity index (χ1v) is 11.3. The van der Waals surface area contributed by atoms with Crippen molar-refractivity contribution in [2.24, 2.45) is 5.18 Å². The number of fused-ring (bicyclic) bond motifs is 1. The molecule has 0 spiro atoms. The largest absolute Gasteiger partial charge is 0.497 e. The Bertz CT molecular complexity index is 1420. The molecule has 0 aliphatic rings. The van der Waals surface area contributed by atoms with Gasteiger partial charge in [-0.2, -0.15) is 0 Å². The van der Waals surface area contributed by atoms with E-state index in [2.05, 4.69) is 19.9 Å². The van der Waals surface area contributed by atoms with Crippen molar-refractivity contribution in [2.45, 2.75) is 11.3 Å². The summed E-state index contributed by atoms with van der Waals surface area (Å²) >= 11 is 0. The summed E-state index contributed by atoms with van der Waals surface area (Å²) in [6.07, 6.45) is 0.263. The maximum atomic E-state index is 13.0. The van der Waals surface area contributed by atoms with Crippen molar-refractivity contribution >= 4 is 32.6 Å². The van der Waals surface area contributed by atoms with E-state index in [0.717, 1.165) is 5.56 Å². The zero-order chi connectivity index (χ0) is 23.4. The highest BCUT2D eigenvalue weighted by molar-refractivity contribution is 7.92. The summed E-state index contributed by atoms with van der Waals surface area (Å²) in [5.41, 5.74) is 2.37. The van der Waals surface area contributed by atoms with Gasteiger partial charge in [0.15, 0.2) is 5.82 Å². The SMILES string of the molecule is COc1cc(Cc2nc3ccccc3nc2NS(=O)(=O)c2cccc(N=O)c2)cc(OC)c1. The lowest BCUT2D eigenvalue weighted by Crippen LogP contribution is -2.16. The van der Waals surface area contributed by atoms with Crippen LogP contribution >= 0.6 is 0 Å². The monoisotopic (exact) mass is 464 g/mol. The van der Waals surface area contributed by atoms with Crippen LogP contribution in [0.5, 0.6) is 11.5 Å². The number of hydrogen-bond donors (Lipinski definition) is 1. The molecule has 9 nitrogen and oxygen atoms in total. The zero-order valence-corrected chi connectivity index (χ0v) is 18.7. The van der Waals surface area contributed by atoms with Crippen LogP contribution < -0.4 is 14.2 Å². The second-order valence-electron chi connectivity index (χ2n) is 7.10. The average Bonchev–Trinajstić information content (AvgIpc) is 2.84. The molecule has 33 heavy (non-hydrogen) atoms. The highest BCUT2D eigenvalue weighted by atomic mass is 32.2. The molecule has 0 aliphatic carbocycles. The van der Waals surface area contributed by atoms with E-state index >= 15 is 0 Å². The van der Waals surface area contributed by atoms with Crippen molar-refractivity contribution in [3.05, 3.63) is 82.9 Å². The summed E-state index contributed by atoms with van der Waals surface area (Å²) in [4.78, 5) is 19.9. The van der Waals surface area contributed by atoms with Gasteiger partial charge in [-0.25, -0.2) is 18.4 Å². The first kappa shape index (κ1) is 22.2. The van der Waals surface area contributed by atoms with Crippen LogP contribution in [0, 0.1) is 4.91 Å². The Kier molecular flexibility index (Phi) is 6.18. The van der Waals surface area contributed by atoms with Crippen LogP contribution in [0.25, 0.3) is 11.0 Å². The predicted molar refractivity (Wildman–Crippen MR) is 125 cm³/mol. The van der Waals surface area contributed by atoms with Crippen molar-refractivity contribution < 1.29 is 17.9 Å². The van der Waals surface area contributed by atoms with Crippen molar-refractivity contribution in [2.75, 3.05) is 18.9 Å². The molecule has 0 radical (unpaired) electrons. The zero-order valence-electron chi connectivity index (χ0n) is 17.8. The molecule has 0 atom stereocenters. The fourth-order valence-corrected chi connectivity index (χ4v) is 4.37. The normalized spacial score (nSPS) is 11.2. The molecule has 0 unspecified atom stereocenters. The Morgan fingerprint density at radius 2 is 1.55 bits per heavy atom. The van der Waals surface area contributed by atoms with Crippen LogP contribution in [-0.2, 0) is 16.4 Å². The number of ether oxygens (including phenoxy) is 2. The maximum Gasteiger partial charge on any atom is 0.263 e. The Balaban J connectivity index is 1.79. The second kappa shape index (κ2) is 9.21. The fraction of sp³-hybridized carbons (Fsp3) is 0.130. The summed E-state index contributed by atoms with van der Waals surface area (Å²) in [5, 5.41) is 2.80. The lowest BCUT2D eigenvalue weighted by atomic mass is 10.1. The van der Waals surface area contributed by atoms with Gasteiger partial charge >= 0.3 is 0 Å². The number of anilines is 1. The molecule has 10 heteroatoms. The highest BCUT2D eigenvalue weighted by Crippen LogP contribution is 2.28. The van der Waals surface area contributed by atoms with Gasteiger partial charge in [0.25, 0.3) is 10.0 Å². The Morgan fingerprint density at radius 1 is 0.879 bits per heavy atom. The van der Waals surface area contributed by atoms with Gasteiger partial charge in [0.2, 0.25) is 0 Å². The Morgan fingerprint density at radius 3 is 2.18 bits per heavy atom. The quantitative estimate of drug-likeness (QED) is 0.383. The number of benzene rings is 3. The molecule has 0 fully saturated rings. The molecule has 1 aromatic heterocycles. The first-order chi connectivity index (χ1) is 15.9. The third-order valence-electron chi connectivity index (χ3n) is 4.89. The maximum absolute atomic E-state index is 13.0. The number of methoxy groups -OCH3 is 2. The van der Waals surface area contributed by atoms with E-state index in [1.54, 1.807) is 38.5 Å². The van der Waals surface area contributed by atoms with Gasteiger partial charge in [-0.05, 0) is 53.2 Å². The van der Waals surface area contributed by atoms with Crippen molar-refractivity contribution in [1.82, 2.24) is 9.97 Å². The lowest BCUT2D eigenvalue weighted by Gasteiger charge is -2.14. The fourth-order valence-electron chi connectivity index (χ4n) is 3.30. The topological polar surface area (TPSA) is 120 Å². The number of rotatable bonds is 8. The van der Waals surface area contributed by atoms with Gasteiger partial charge in [0, 0.05) is 12.5 Å².